The van der Waals surface area contributed by atoms with E-state index in [0.29, 0.717) is 18.9 Å². The van der Waals surface area contributed by atoms with E-state index >= 15 is 0 Å². The lowest BCUT2D eigenvalue weighted by atomic mass is 9.99. The van der Waals surface area contributed by atoms with E-state index in [9.17, 15) is 4.79 Å². The largest absolute Gasteiger partial charge is 0.378 e. The molecule has 1 saturated heterocycles. The number of aromatic nitrogens is 4. The first-order valence-corrected chi connectivity index (χ1v) is 7.34. The van der Waals surface area contributed by atoms with Gasteiger partial charge in [-0.25, -0.2) is 4.98 Å². The van der Waals surface area contributed by atoms with Crippen LogP contribution in [0.4, 0.5) is 5.82 Å². The van der Waals surface area contributed by atoms with Crippen LogP contribution in [-0.4, -0.2) is 51.7 Å². The van der Waals surface area contributed by atoms with Crippen LogP contribution in [0.5, 0.6) is 0 Å². The van der Waals surface area contributed by atoms with Crippen LogP contribution in [0.15, 0.2) is 12.4 Å². The first-order chi connectivity index (χ1) is 10.6. The Kier molecular flexibility index (Phi) is 3.93. The van der Waals surface area contributed by atoms with Crippen LogP contribution in [0.25, 0.3) is 5.78 Å². The van der Waals surface area contributed by atoms with E-state index in [1.165, 1.54) is 6.33 Å². The predicted molar refractivity (Wildman–Crippen MR) is 80.5 cm³/mol. The van der Waals surface area contributed by atoms with E-state index in [2.05, 4.69) is 25.3 Å². The Hall–Kier alpha value is -2.22. The van der Waals surface area contributed by atoms with Crippen LogP contribution in [0.2, 0.25) is 0 Å². The number of piperazine rings is 1. The lowest BCUT2D eigenvalue weighted by Gasteiger charge is -2.38. The highest BCUT2D eigenvalue weighted by Crippen LogP contribution is 2.24. The Labute approximate surface area is 128 Å². The molecule has 1 amide bonds. The van der Waals surface area contributed by atoms with Gasteiger partial charge in [0.25, 0.3) is 5.78 Å². The second kappa shape index (κ2) is 5.88. The first-order valence-electron chi connectivity index (χ1n) is 7.34. The fourth-order valence-corrected chi connectivity index (χ4v) is 2.87. The summed E-state index contributed by atoms with van der Waals surface area (Å²) in [5.74, 6) is 1.55. The average Bonchev–Trinajstić information content (AvgIpc) is 2.94. The SMILES string of the molecule is COCc1cc(N2CCNC(=O)[C@@H]2C(C)C)n2ncnc2n1. The van der Waals surface area contributed by atoms with Gasteiger partial charge in [-0.3, -0.25) is 4.79 Å². The van der Waals surface area contributed by atoms with Crippen LogP contribution < -0.4 is 10.2 Å². The molecule has 2 aromatic rings. The summed E-state index contributed by atoms with van der Waals surface area (Å²) < 4.78 is 6.85. The topological polar surface area (TPSA) is 84.7 Å². The van der Waals surface area contributed by atoms with Gasteiger partial charge in [-0.1, -0.05) is 13.8 Å². The number of hydrogen-bond donors (Lipinski definition) is 1. The molecule has 0 aromatic carbocycles. The molecule has 1 fully saturated rings. The molecule has 0 spiro atoms. The van der Waals surface area contributed by atoms with Gasteiger partial charge >= 0.3 is 0 Å². The van der Waals surface area contributed by atoms with E-state index in [-0.39, 0.29) is 17.9 Å². The quantitative estimate of drug-likeness (QED) is 0.870. The van der Waals surface area contributed by atoms with E-state index in [0.717, 1.165) is 18.1 Å². The number of fused-ring (bicyclic) bond motifs is 1. The predicted octanol–water partition coefficient (Wildman–Crippen LogP) is 0.232. The van der Waals surface area contributed by atoms with Gasteiger partial charge in [0, 0.05) is 26.3 Å². The summed E-state index contributed by atoms with van der Waals surface area (Å²) in [5, 5.41) is 7.17. The van der Waals surface area contributed by atoms with Gasteiger partial charge in [-0.05, 0) is 5.92 Å². The van der Waals surface area contributed by atoms with E-state index in [1.807, 2.05) is 19.9 Å². The number of amides is 1. The minimum atomic E-state index is -0.237. The number of carbonyl (C=O) groups is 1. The highest BCUT2D eigenvalue weighted by atomic mass is 16.5. The van der Waals surface area contributed by atoms with Crippen LogP contribution in [0, 0.1) is 5.92 Å². The van der Waals surface area contributed by atoms with E-state index < -0.39 is 0 Å². The summed E-state index contributed by atoms with van der Waals surface area (Å²) >= 11 is 0. The van der Waals surface area contributed by atoms with Crippen molar-refractivity contribution in [3.05, 3.63) is 18.1 Å². The monoisotopic (exact) mass is 304 g/mol. The van der Waals surface area contributed by atoms with Crippen molar-refractivity contribution in [2.24, 2.45) is 5.92 Å². The highest BCUT2D eigenvalue weighted by Gasteiger charge is 2.34. The lowest BCUT2D eigenvalue weighted by molar-refractivity contribution is -0.124. The third-order valence-electron chi connectivity index (χ3n) is 3.76. The van der Waals surface area contributed by atoms with E-state index in [4.69, 9.17) is 4.74 Å². The van der Waals surface area contributed by atoms with Crippen LogP contribution in [-0.2, 0) is 16.1 Å². The van der Waals surface area contributed by atoms with Crippen molar-refractivity contribution >= 4 is 17.5 Å². The summed E-state index contributed by atoms with van der Waals surface area (Å²) in [6.45, 7) is 5.81. The Morgan fingerprint density at radius 1 is 1.50 bits per heavy atom. The fraction of sp³-hybridized carbons (Fsp3) is 0.571. The van der Waals surface area contributed by atoms with Crippen LogP contribution in [0.3, 0.4) is 0 Å². The molecule has 3 rings (SSSR count). The van der Waals surface area contributed by atoms with Crippen molar-refractivity contribution in [3.63, 3.8) is 0 Å². The molecule has 1 N–H and O–H groups in total. The Morgan fingerprint density at radius 3 is 3.05 bits per heavy atom. The van der Waals surface area contributed by atoms with Crippen molar-refractivity contribution < 1.29 is 9.53 Å². The zero-order valence-electron chi connectivity index (χ0n) is 13.0. The Morgan fingerprint density at radius 2 is 2.32 bits per heavy atom. The molecular weight excluding hydrogens is 284 g/mol. The standard InChI is InChI=1S/C14H20N6O2/c1-9(2)12-13(21)15-4-5-19(12)11-6-10(7-22-3)18-14-16-8-17-20(11)14/h6,8-9,12H,4-5,7H2,1-3H3,(H,15,21)/t12-/m0/s1. The zero-order chi connectivity index (χ0) is 15.7. The van der Waals surface area contributed by atoms with Gasteiger partial charge in [0.2, 0.25) is 5.91 Å². The lowest BCUT2D eigenvalue weighted by Crippen LogP contribution is -2.58. The minimum absolute atomic E-state index is 0.0413. The normalized spacial score (nSPS) is 19.0. The van der Waals surface area contributed by atoms with Crippen molar-refractivity contribution in [2.75, 3.05) is 25.1 Å². The number of ether oxygens (including phenoxy) is 1. The third kappa shape index (κ3) is 2.50. The van der Waals surface area contributed by atoms with Gasteiger partial charge < -0.3 is 15.0 Å². The van der Waals surface area contributed by atoms with Crippen LogP contribution >= 0.6 is 0 Å². The molecule has 3 heterocycles. The Bertz CT molecular complexity index is 683. The molecule has 1 aliphatic rings. The molecule has 1 atom stereocenters. The summed E-state index contributed by atoms with van der Waals surface area (Å²) in [6, 6.07) is 1.68. The number of anilines is 1. The molecule has 2 aromatic heterocycles. The second-order valence-electron chi connectivity index (χ2n) is 5.68. The summed E-state index contributed by atoms with van der Waals surface area (Å²) in [6.07, 6.45) is 1.47. The maximum absolute atomic E-state index is 12.3. The first kappa shape index (κ1) is 14.7. The molecule has 0 aliphatic carbocycles. The molecule has 118 valence electrons. The number of hydrogen-bond acceptors (Lipinski definition) is 6. The summed E-state index contributed by atoms with van der Waals surface area (Å²) in [4.78, 5) is 22.9. The van der Waals surface area contributed by atoms with Gasteiger partial charge in [-0.2, -0.15) is 14.6 Å². The smallest absolute Gasteiger partial charge is 0.254 e. The number of rotatable bonds is 4. The molecule has 0 bridgehead atoms. The zero-order valence-corrected chi connectivity index (χ0v) is 13.0. The fourth-order valence-electron chi connectivity index (χ4n) is 2.87. The van der Waals surface area contributed by atoms with Crippen LogP contribution in [0.1, 0.15) is 19.5 Å². The number of methoxy groups -OCH3 is 1. The number of nitrogens with zero attached hydrogens (tertiary/aromatic N) is 5. The molecule has 0 saturated carbocycles. The number of carbonyl (C=O) groups excluding carboxylic acids is 1. The van der Waals surface area contributed by atoms with Gasteiger partial charge in [0.15, 0.2) is 0 Å². The van der Waals surface area contributed by atoms with Gasteiger partial charge in [-0.15, -0.1) is 0 Å². The summed E-state index contributed by atoms with van der Waals surface area (Å²) in [7, 11) is 1.63. The van der Waals surface area contributed by atoms with Crippen molar-refractivity contribution in [3.8, 4) is 0 Å². The molecule has 8 nitrogen and oxygen atoms in total. The van der Waals surface area contributed by atoms with E-state index in [1.54, 1.807) is 11.6 Å². The Balaban J connectivity index is 2.10. The second-order valence-corrected chi connectivity index (χ2v) is 5.68. The minimum Gasteiger partial charge on any atom is -0.378 e. The molecule has 8 heteroatoms. The summed E-state index contributed by atoms with van der Waals surface area (Å²) in [5.41, 5.74) is 0.770. The number of nitrogens with one attached hydrogen (secondary N) is 1. The van der Waals surface area contributed by atoms with Gasteiger partial charge in [0.05, 0.1) is 12.3 Å². The maximum atomic E-state index is 12.3. The van der Waals surface area contributed by atoms with Gasteiger partial charge in [0.1, 0.15) is 18.2 Å². The van der Waals surface area contributed by atoms with Crippen molar-refractivity contribution in [1.29, 1.82) is 0 Å². The maximum Gasteiger partial charge on any atom is 0.254 e. The molecule has 0 radical (unpaired) electrons. The molecular formula is C14H20N6O2. The van der Waals surface area contributed by atoms with Crippen molar-refractivity contribution in [2.45, 2.75) is 26.5 Å². The molecule has 0 unspecified atom stereocenters. The molecule has 22 heavy (non-hydrogen) atoms. The third-order valence-corrected chi connectivity index (χ3v) is 3.76. The average molecular weight is 304 g/mol. The van der Waals surface area contributed by atoms with Crippen molar-refractivity contribution in [1.82, 2.24) is 24.9 Å². The molecule has 1 aliphatic heterocycles. The highest BCUT2D eigenvalue weighted by molar-refractivity contribution is 5.86.